The van der Waals surface area contributed by atoms with E-state index in [2.05, 4.69) is 15.9 Å². The number of hydrazine groups is 1. The van der Waals surface area contributed by atoms with Crippen LogP contribution in [0.5, 0.6) is 0 Å². The van der Waals surface area contributed by atoms with Crippen molar-refractivity contribution >= 4 is 46.4 Å². The van der Waals surface area contributed by atoms with Gasteiger partial charge in [-0.15, -0.1) is 6.42 Å². The lowest BCUT2D eigenvalue weighted by atomic mass is 9.83. The quantitative estimate of drug-likeness (QED) is 0.0587. The zero-order chi connectivity index (χ0) is 33.5. The van der Waals surface area contributed by atoms with E-state index >= 15 is 0 Å². The van der Waals surface area contributed by atoms with Crippen LogP contribution in [-0.4, -0.2) is 83.0 Å². The molecule has 0 aliphatic carbocycles. The first kappa shape index (κ1) is 33.8. The second-order valence-corrected chi connectivity index (χ2v) is 9.89. The second kappa shape index (κ2) is 14.2. The van der Waals surface area contributed by atoms with E-state index in [9.17, 15) is 48.5 Å². The molecule has 0 aliphatic rings. The number of aliphatic carboxylic acids is 3. The number of nitrogen functional groups attached to an aromatic ring is 1. The number of H-pyrrole nitrogens is 1. The number of aromatic amines is 1. The fraction of sp³-hybridized carbons (Fsp3) is 0.276. The molecule has 1 aromatic heterocycles. The number of halogens is 1. The van der Waals surface area contributed by atoms with Gasteiger partial charge in [-0.25, -0.2) is 24.2 Å². The van der Waals surface area contributed by atoms with Crippen LogP contribution in [0.1, 0.15) is 41.6 Å². The van der Waals surface area contributed by atoms with Crippen molar-refractivity contribution in [3.05, 3.63) is 69.8 Å². The number of hydrogen-bond donors (Lipinski definition) is 6. The standard InChI is InChI=1S/C29H29FN6O9/c1-2-13-35(15-16-7-9-21-18(14-16)25(41)34-28(32)33-21)36(22(37)10-8-20(31)26(42)43)29(27(44)45,12-11-23(38)39)24(40)17-5-3-4-6-19(17)30/h1,3-7,9,14,20H,8,10-13,15,31H2,(H,38,39)(H,42,43)(H,44,45)(H3,32,33,34,41)/t20-,29-/m0/s1. The highest BCUT2D eigenvalue weighted by molar-refractivity contribution is 6.18. The number of ketones is 1. The number of carboxylic acid groups (broad SMARTS) is 3. The summed E-state index contributed by atoms with van der Waals surface area (Å²) in [7, 11) is 0. The van der Waals surface area contributed by atoms with Crippen LogP contribution in [0, 0.1) is 18.2 Å². The maximum Gasteiger partial charge on any atom is 0.339 e. The molecule has 8 N–H and O–H groups in total. The Labute approximate surface area is 254 Å². The summed E-state index contributed by atoms with van der Waals surface area (Å²) in [5, 5.41) is 30.8. The fourth-order valence-electron chi connectivity index (χ4n) is 4.70. The van der Waals surface area contributed by atoms with E-state index in [1.807, 2.05) is 0 Å². The van der Waals surface area contributed by atoms with Gasteiger partial charge in [0.15, 0.2) is 0 Å². The summed E-state index contributed by atoms with van der Waals surface area (Å²) in [6.45, 7) is -0.995. The molecule has 0 aliphatic heterocycles. The van der Waals surface area contributed by atoms with Gasteiger partial charge in [0.2, 0.25) is 23.2 Å². The highest BCUT2D eigenvalue weighted by Crippen LogP contribution is 2.32. The zero-order valence-corrected chi connectivity index (χ0v) is 23.6. The number of amides is 1. The zero-order valence-electron chi connectivity index (χ0n) is 23.6. The topological polar surface area (TPSA) is 250 Å². The van der Waals surface area contributed by atoms with Gasteiger partial charge in [0, 0.05) is 25.8 Å². The van der Waals surface area contributed by atoms with E-state index in [-0.39, 0.29) is 22.4 Å². The van der Waals surface area contributed by atoms with Crippen LogP contribution in [0.15, 0.2) is 47.3 Å². The van der Waals surface area contributed by atoms with Crippen molar-refractivity contribution in [2.24, 2.45) is 5.73 Å². The Morgan fingerprint density at radius 2 is 1.78 bits per heavy atom. The predicted octanol–water partition coefficient (Wildman–Crippen LogP) is 0.586. The lowest BCUT2D eigenvalue weighted by Gasteiger charge is -2.45. The number of rotatable bonds is 15. The van der Waals surface area contributed by atoms with Gasteiger partial charge in [-0.2, -0.15) is 0 Å². The largest absolute Gasteiger partial charge is 0.481 e. The molecule has 0 unspecified atom stereocenters. The lowest BCUT2D eigenvalue weighted by Crippen LogP contribution is -2.67. The molecule has 1 heterocycles. The minimum atomic E-state index is -3.09. The Kier molecular flexibility index (Phi) is 10.7. The Hall–Kier alpha value is -5.66. The van der Waals surface area contributed by atoms with Gasteiger partial charge in [0.1, 0.15) is 11.9 Å². The number of carboxylic acids is 3. The fourth-order valence-corrected chi connectivity index (χ4v) is 4.70. The SMILES string of the molecule is C#CCN(Cc1ccc2nc(N)[nH]c(=O)c2c1)N(C(=O)CC[C@H](N)C(=O)O)[C@](CCC(=O)O)(C(=O)O)C(=O)c1ccccc1F. The van der Waals surface area contributed by atoms with Crippen molar-refractivity contribution in [2.45, 2.75) is 43.8 Å². The maximum absolute atomic E-state index is 14.9. The summed E-state index contributed by atoms with van der Waals surface area (Å²) in [4.78, 5) is 83.1. The molecule has 0 bridgehead atoms. The molecule has 1 amide bonds. The number of fused-ring (bicyclic) bond motifs is 1. The normalized spacial score (nSPS) is 13.0. The molecule has 3 rings (SSSR count). The number of carbonyl (C=O) groups excluding carboxylic acids is 2. The Bertz CT molecular complexity index is 1750. The van der Waals surface area contributed by atoms with Gasteiger partial charge in [-0.3, -0.25) is 29.0 Å². The molecule has 0 spiro atoms. The number of benzene rings is 2. The number of hydrogen-bond acceptors (Lipinski definition) is 10. The predicted molar refractivity (Wildman–Crippen MR) is 156 cm³/mol. The molecule has 0 fully saturated rings. The van der Waals surface area contributed by atoms with Gasteiger partial charge >= 0.3 is 17.9 Å². The summed E-state index contributed by atoms with van der Waals surface area (Å²) >= 11 is 0. The molecule has 16 heteroatoms. The number of terminal acetylenes is 1. The number of nitrogens with zero attached hydrogens (tertiary/aromatic N) is 3. The molecule has 3 aromatic rings. The van der Waals surface area contributed by atoms with Crippen molar-refractivity contribution in [1.82, 2.24) is 20.0 Å². The number of aromatic nitrogens is 2. The summed E-state index contributed by atoms with van der Waals surface area (Å²) in [6, 6.07) is 6.98. The van der Waals surface area contributed by atoms with Gasteiger partial charge < -0.3 is 26.8 Å². The second-order valence-electron chi connectivity index (χ2n) is 9.89. The molecule has 2 aromatic carbocycles. The molecular formula is C29H29FN6O9. The minimum Gasteiger partial charge on any atom is -0.481 e. The van der Waals surface area contributed by atoms with Crippen LogP contribution in [-0.2, 0) is 25.7 Å². The number of carbonyl (C=O) groups is 5. The van der Waals surface area contributed by atoms with Crippen LogP contribution in [0.4, 0.5) is 10.3 Å². The molecule has 0 saturated heterocycles. The third kappa shape index (κ3) is 7.47. The summed E-state index contributed by atoms with van der Waals surface area (Å²) in [5.41, 5.74) is 7.15. The third-order valence-corrected chi connectivity index (χ3v) is 6.84. The van der Waals surface area contributed by atoms with Gasteiger partial charge in [-0.05, 0) is 36.2 Å². The molecule has 15 nitrogen and oxygen atoms in total. The number of nitrogens with two attached hydrogens (primary N) is 2. The van der Waals surface area contributed by atoms with E-state index in [4.69, 9.17) is 17.9 Å². The molecule has 0 radical (unpaired) electrons. The Balaban J connectivity index is 2.29. The van der Waals surface area contributed by atoms with Crippen LogP contribution >= 0.6 is 0 Å². The molecule has 0 saturated carbocycles. The highest BCUT2D eigenvalue weighted by atomic mass is 19.1. The highest BCUT2D eigenvalue weighted by Gasteiger charge is 2.56. The van der Waals surface area contributed by atoms with Crippen molar-refractivity contribution < 1.29 is 43.7 Å². The van der Waals surface area contributed by atoms with Crippen molar-refractivity contribution in [3.8, 4) is 12.3 Å². The van der Waals surface area contributed by atoms with Crippen molar-refractivity contribution in [1.29, 1.82) is 0 Å². The lowest BCUT2D eigenvalue weighted by molar-refractivity contribution is -0.179. The van der Waals surface area contributed by atoms with E-state index in [0.717, 1.165) is 17.1 Å². The summed E-state index contributed by atoms with van der Waals surface area (Å²) in [5.74, 6) is -6.71. The Morgan fingerprint density at radius 1 is 1.09 bits per heavy atom. The van der Waals surface area contributed by atoms with Gasteiger partial charge in [-0.1, -0.05) is 24.1 Å². The van der Waals surface area contributed by atoms with Gasteiger partial charge in [0.25, 0.3) is 5.56 Å². The van der Waals surface area contributed by atoms with Crippen LogP contribution < -0.4 is 17.0 Å². The summed E-state index contributed by atoms with van der Waals surface area (Å²) in [6.07, 6.45) is 2.32. The number of Topliss-reactive ketones (excluding diaryl/α,β-unsaturated/α-hetero) is 1. The maximum atomic E-state index is 14.9. The van der Waals surface area contributed by atoms with Crippen LogP contribution in [0.3, 0.4) is 0 Å². The van der Waals surface area contributed by atoms with Crippen LogP contribution in [0.25, 0.3) is 10.9 Å². The molecule has 236 valence electrons. The third-order valence-electron chi connectivity index (χ3n) is 6.84. The van der Waals surface area contributed by atoms with E-state index < -0.39 is 96.9 Å². The first-order chi connectivity index (χ1) is 21.2. The Morgan fingerprint density at radius 3 is 2.38 bits per heavy atom. The van der Waals surface area contributed by atoms with E-state index in [1.165, 1.54) is 30.3 Å². The van der Waals surface area contributed by atoms with E-state index in [1.54, 1.807) is 0 Å². The molecular weight excluding hydrogens is 595 g/mol. The van der Waals surface area contributed by atoms with Crippen LogP contribution in [0.2, 0.25) is 0 Å². The monoisotopic (exact) mass is 624 g/mol. The van der Waals surface area contributed by atoms with Gasteiger partial charge in [0.05, 0.1) is 23.0 Å². The first-order valence-corrected chi connectivity index (χ1v) is 13.3. The average molecular weight is 625 g/mol. The molecule has 2 atom stereocenters. The summed E-state index contributed by atoms with van der Waals surface area (Å²) < 4.78 is 14.9. The van der Waals surface area contributed by atoms with E-state index in [0.29, 0.717) is 5.01 Å². The molecule has 45 heavy (non-hydrogen) atoms. The average Bonchev–Trinajstić information content (AvgIpc) is 2.97. The smallest absolute Gasteiger partial charge is 0.339 e. The van der Waals surface area contributed by atoms with Crippen molar-refractivity contribution in [2.75, 3.05) is 12.3 Å². The first-order valence-electron chi connectivity index (χ1n) is 13.3. The number of nitrogens with one attached hydrogen (secondary N) is 1. The number of anilines is 1. The minimum absolute atomic E-state index is 0.0606. The van der Waals surface area contributed by atoms with Crippen molar-refractivity contribution in [3.63, 3.8) is 0 Å².